The fourth-order valence-electron chi connectivity index (χ4n) is 2.17. The largest absolute Gasteiger partial charge is 0.317 e. The van der Waals surface area contributed by atoms with Crippen LogP contribution in [0.2, 0.25) is 0 Å². The second-order valence-corrected chi connectivity index (χ2v) is 5.36. The Balaban J connectivity index is 2.17. The molecule has 0 aromatic carbocycles. The molecule has 1 aromatic heterocycles. The van der Waals surface area contributed by atoms with Crippen LogP contribution in [0, 0.1) is 13.8 Å². The quantitative estimate of drug-likeness (QED) is 0.793. The molecule has 3 nitrogen and oxygen atoms in total. The number of nitrogens with one attached hydrogen (secondary N) is 1. The van der Waals surface area contributed by atoms with Gasteiger partial charge in [0.2, 0.25) is 0 Å². The van der Waals surface area contributed by atoms with E-state index in [9.17, 15) is 0 Å². The van der Waals surface area contributed by atoms with E-state index in [1.54, 1.807) is 0 Å². The minimum Gasteiger partial charge on any atom is -0.317 e. The van der Waals surface area contributed by atoms with Crippen LogP contribution in [0.4, 0.5) is 0 Å². The van der Waals surface area contributed by atoms with E-state index in [0.717, 1.165) is 25.3 Å². The van der Waals surface area contributed by atoms with E-state index in [1.807, 2.05) is 0 Å². The average molecular weight is 233 g/mol. The zero-order valence-corrected chi connectivity index (χ0v) is 11.4. The molecule has 94 valence electrons. The summed E-state index contributed by atoms with van der Waals surface area (Å²) in [4.78, 5) is 9.42. The van der Waals surface area contributed by atoms with Crippen molar-refractivity contribution in [2.45, 2.75) is 52.4 Å². The van der Waals surface area contributed by atoms with Crippen molar-refractivity contribution in [3.05, 3.63) is 22.8 Å². The van der Waals surface area contributed by atoms with Gasteiger partial charge in [-0.15, -0.1) is 0 Å². The smallest absolute Gasteiger partial charge is 0.134 e. The lowest BCUT2D eigenvalue weighted by Gasteiger charge is -2.14. The summed E-state index contributed by atoms with van der Waals surface area (Å²) < 4.78 is 0. The van der Waals surface area contributed by atoms with Crippen molar-refractivity contribution >= 4 is 0 Å². The van der Waals surface area contributed by atoms with Crippen LogP contribution < -0.4 is 5.32 Å². The highest BCUT2D eigenvalue weighted by Gasteiger charge is 2.42. The normalized spacial score (nSPS) is 17.2. The van der Waals surface area contributed by atoms with Crippen LogP contribution in [0.15, 0.2) is 0 Å². The fraction of sp³-hybridized carbons (Fsp3) is 0.714. The SMILES string of the molecule is CCNCCc1c(C)nc(C2(C)CC2)nc1C. The van der Waals surface area contributed by atoms with Crippen LogP contribution in [-0.4, -0.2) is 23.1 Å². The molecule has 17 heavy (non-hydrogen) atoms. The molecule has 1 saturated carbocycles. The molecule has 1 fully saturated rings. The second-order valence-electron chi connectivity index (χ2n) is 5.36. The summed E-state index contributed by atoms with van der Waals surface area (Å²) in [6.45, 7) is 10.7. The van der Waals surface area contributed by atoms with Crippen molar-refractivity contribution in [2.75, 3.05) is 13.1 Å². The van der Waals surface area contributed by atoms with Gasteiger partial charge in [-0.3, -0.25) is 0 Å². The van der Waals surface area contributed by atoms with E-state index in [-0.39, 0.29) is 5.41 Å². The van der Waals surface area contributed by atoms with Crippen molar-refractivity contribution in [3.63, 3.8) is 0 Å². The van der Waals surface area contributed by atoms with E-state index >= 15 is 0 Å². The number of likely N-dealkylation sites (N-methyl/N-ethyl adjacent to an activating group) is 1. The van der Waals surface area contributed by atoms with E-state index in [2.05, 4.69) is 33.0 Å². The highest BCUT2D eigenvalue weighted by atomic mass is 14.9. The number of hydrogen-bond acceptors (Lipinski definition) is 3. The Morgan fingerprint density at radius 3 is 2.24 bits per heavy atom. The van der Waals surface area contributed by atoms with Gasteiger partial charge in [-0.25, -0.2) is 9.97 Å². The average Bonchev–Trinajstić information content (AvgIpc) is 3.02. The molecular weight excluding hydrogens is 210 g/mol. The lowest BCUT2D eigenvalue weighted by molar-refractivity contribution is 0.674. The van der Waals surface area contributed by atoms with Crippen molar-refractivity contribution in [3.8, 4) is 0 Å². The molecule has 0 radical (unpaired) electrons. The first-order chi connectivity index (χ1) is 8.07. The van der Waals surface area contributed by atoms with Gasteiger partial charge in [0, 0.05) is 16.8 Å². The van der Waals surface area contributed by atoms with Gasteiger partial charge in [-0.2, -0.15) is 0 Å². The maximum Gasteiger partial charge on any atom is 0.134 e. The van der Waals surface area contributed by atoms with Gasteiger partial charge < -0.3 is 5.32 Å². The Hall–Kier alpha value is -0.960. The molecule has 2 rings (SSSR count). The molecule has 0 saturated heterocycles. The summed E-state index contributed by atoms with van der Waals surface area (Å²) in [5, 5.41) is 3.35. The minimum absolute atomic E-state index is 0.274. The van der Waals surface area contributed by atoms with Crippen molar-refractivity contribution in [1.82, 2.24) is 15.3 Å². The Morgan fingerprint density at radius 1 is 1.18 bits per heavy atom. The Labute approximate surface area is 104 Å². The molecule has 3 heteroatoms. The van der Waals surface area contributed by atoms with Crippen LogP contribution in [-0.2, 0) is 11.8 Å². The molecule has 0 unspecified atom stereocenters. The molecule has 0 bridgehead atoms. The minimum atomic E-state index is 0.274. The number of hydrogen-bond donors (Lipinski definition) is 1. The van der Waals surface area contributed by atoms with Gasteiger partial charge in [-0.1, -0.05) is 13.8 Å². The number of rotatable bonds is 5. The third kappa shape index (κ3) is 2.65. The Kier molecular flexibility index (Phi) is 3.48. The van der Waals surface area contributed by atoms with Crippen LogP contribution >= 0.6 is 0 Å². The molecule has 1 heterocycles. The monoisotopic (exact) mass is 233 g/mol. The lowest BCUT2D eigenvalue weighted by atomic mass is 10.1. The van der Waals surface area contributed by atoms with Gasteiger partial charge in [0.15, 0.2) is 0 Å². The zero-order chi connectivity index (χ0) is 12.5. The zero-order valence-electron chi connectivity index (χ0n) is 11.4. The van der Waals surface area contributed by atoms with Crippen LogP contribution in [0.5, 0.6) is 0 Å². The highest BCUT2D eigenvalue weighted by molar-refractivity contribution is 5.28. The first kappa shape index (κ1) is 12.5. The predicted molar refractivity (Wildman–Crippen MR) is 70.3 cm³/mol. The molecule has 0 spiro atoms. The molecule has 0 amide bonds. The third-order valence-corrected chi connectivity index (χ3v) is 3.76. The lowest BCUT2D eigenvalue weighted by Crippen LogP contribution is -2.19. The highest BCUT2D eigenvalue weighted by Crippen LogP contribution is 2.46. The van der Waals surface area contributed by atoms with Gasteiger partial charge in [0.25, 0.3) is 0 Å². The van der Waals surface area contributed by atoms with Gasteiger partial charge >= 0.3 is 0 Å². The van der Waals surface area contributed by atoms with E-state index < -0.39 is 0 Å². The van der Waals surface area contributed by atoms with Crippen LogP contribution in [0.25, 0.3) is 0 Å². The van der Waals surface area contributed by atoms with E-state index in [0.29, 0.717) is 0 Å². The predicted octanol–water partition coefficient (Wildman–Crippen LogP) is 2.30. The molecule has 1 N–H and O–H groups in total. The molecule has 1 aromatic rings. The first-order valence-corrected chi connectivity index (χ1v) is 6.62. The topological polar surface area (TPSA) is 37.8 Å². The Bertz CT molecular complexity index is 385. The second kappa shape index (κ2) is 4.73. The molecular formula is C14H23N3. The summed E-state index contributed by atoms with van der Waals surface area (Å²) >= 11 is 0. The van der Waals surface area contributed by atoms with Crippen LogP contribution in [0.3, 0.4) is 0 Å². The summed E-state index contributed by atoms with van der Waals surface area (Å²) in [6.07, 6.45) is 3.51. The van der Waals surface area contributed by atoms with Gasteiger partial charge in [0.1, 0.15) is 5.82 Å². The number of aromatic nitrogens is 2. The van der Waals surface area contributed by atoms with Gasteiger partial charge in [0.05, 0.1) is 0 Å². The maximum absolute atomic E-state index is 4.71. The fourth-order valence-corrected chi connectivity index (χ4v) is 2.17. The summed E-state index contributed by atoms with van der Waals surface area (Å²) in [6, 6.07) is 0. The summed E-state index contributed by atoms with van der Waals surface area (Å²) in [5.41, 5.74) is 3.92. The standard InChI is InChI=1S/C14H23N3/c1-5-15-9-6-12-10(2)16-13(17-11(12)3)14(4)7-8-14/h15H,5-9H2,1-4H3. The summed E-state index contributed by atoms with van der Waals surface area (Å²) in [5.74, 6) is 1.06. The van der Waals surface area contributed by atoms with E-state index in [1.165, 1.54) is 29.8 Å². The molecule has 1 aliphatic rings. The third-order valence-electron chi connectivity index (χ3n) is 3.76. The van der Waals surface area contributed by atoms with Crippen molar-refractivity contribution in [1.29, 1.82) is 0 Å². The maximum atomic E-state index is 4.71. The molecule has 0 atom stereocenters. The van der Waals surface area contributed by atoms with Crippen LogP contribution in [0.1, 0.15) is 49.5 Å². The van der Waals surface area contributed by atoms with E-state index in [4.69, 9.17) is 9.97 Å². The molecule has 0 aliphatic heterocycles. The molecule has 1 aliphatic carbocycles. The van der Waals surface area contributed by atoms with Crippen molar-refractivity contribution in [2.24, 2.45) is 0 Å². The van der Waals surface area contributed by atoms with Gasteiger partial charge in [-0.05, 0) is 51.8 Å². The number of nitrogens with zero attached hydrogens (tertiary/aromatic N) is 2. The number of aryl methyl sites for hydroxylation is 2. The summed E-state index contributed by atoms with van der Waals surface area (Å²) in [7, 11) is 0. The first-order valence-electron chi connectivity index (χ1n) is 6.62. The van der Waals surface area contributed by atoms with Crippen molar-refractivity contribution < 1.29 is 0 Å². The Morgan fingerprint density at radius 2 is 1.76 bits per heavy atom.